The van der Waals surface area contributed by atoms with E-state index in [-0.39, 0.29) is 11.8 Å². The third-order valence-electron chi connectivity index (χ3n) is 4.57. The zero-order valence-electron chi connectivity index (χ0n) is 13.9. The molecule has 3 rings (SSSR count). The number of ether oxygens (including phenoxy) is 1. The zero-order chi connectivity index (χ0) is 16.4. The van der Waals surface area contributed by atoms with Crippen molar-refractivity contribution in [3.8, 4) is 5.75 Å². The number of hydrogen-bond acceptors (Lipinski definition) is 3. The smallest absolute Gasteiger partial charge is 0.227 e. The number of hydrogen-bond donors (Lipinski definition) is 1. The molecule has 2 aromatic rings. The van der Waals surface area contributed by atoms with Crippen LogP contribution < -0.4 is 10.1 Å². The van der Waals surface area contributed by atoms with Gasteiger partial charge in [0.05, 0.1) is 30.7 Å². The Bertz CT molecular complexity index is 717. The Morgan fingerprint density at radius 3 is 2.83 bits per heavy atom. The predicted octanol–water partition coefficient (Wildman–Crippen LogP) is 3.30. The van der Waals surface area contributed by atoms with E-state index >= 15 is 0 Å². The SMILES string of the molecule is COc1cccc(Cn2nc(C)c(NC(=O)C3CCC3)c2C)c1. The second-order valence-corrected chi connectivity index (χ2v) is 6.17. The molecule has 5 heteroatoms. The fraction of sp³-hybridized carbons (Fsp3) is 0.444. The monoisotopic (exact) mass is 313 g/mol. The molecule has 1 fully saturated rings. The van der Waals surface area contributed by atoms with Crippen molar-refractivity contribution in [3.05, 3.63) is 41.2 Å². The Morgan fingerprint density at radius 2 is 2.17 bits per heavy atom. The van der Waals surface area contributed by atoms with Crippen molar-refractivity contribution in [1.82, 2.24) is 9.78 Å². The van der Waals surface area contributed by atoms with Crippen LogP contribution in [0.25, 0.3) is 0 Å². The summed E-state index contributed by atoms with van der Waals surface area (Å²) in [6, 6.07) is 7.95. The first-order valence-electron chi connectivity index (χ1n) is 8.06. The topological polar surface area (TPSA) is 56.1 Å². The summed E-state index contributed by atoms with van der Waals surface area (Å²) in [6.07, 6.45) is 3.16. The van der Waals surface area contributed by atoms with Gasteiger partial charge in [0.25, 0.3) is 0 Å². The van der Waals surface area contributed by atoms with Crippen LogP contribution >= 0.6 is 0 Å². The summed E-state index contributed by atoms with van der Waals surface area (Å²) in [7, 11) is 1.66. The molecule has 0 saturated heterocycles. The Labute approximate surface area is 136 Å². The molecule has 1 aromatic heterocycles. The standard InChI is InChI=1S/C18H23N3O2/c1-12-17(19-18(22)15-7-5-8-15)13(2)21(20-12)11-14-6-4-9-16(10-14)23-3/h4,6,9-10,15H,5,7-8,11H2,1-3H3,(H,19,22). The molecule has 122 valence electrons. The molecule has 0 bridgehead atoms. The summed E-state index contributed by atoms with van der Waals surface area (Å²) in [4.78, 5) is 12.2. The summed E-state index contributed by atoms with van der Waals surface area (Å²) in [5.41, 5.74) is 3.81. The van der Waals surface area contributed by atoms with Crippen LogP contribution in [0.4, 0.5) is 5.69 Å². The van der Waals surface area contributed by atoms with Gasteiger partial charge >= 0.3 is 0 Å². The zero-order valence-corrected chi connectivity index (χ0v) is 13.9. The molecule has 1 aliphatic rings. The first-order valence-corrected chi connectivity index (χ1v) is 8.06. The third-order valence-corrected chi connectivity index (χ3v) is 4.57. The van der Waals surface area contributed by atoms with Crippen LogP contribution in [0.2, 0.25) is 0 Å². The summed E-state index contributed by atoms with van der Waals surface area (Å²) in [6.45, 7) is 4.59. The molecule has 1 heterocycles. The number of rotatable bonds is 5. The van der Waals surface area contributed by atoms with Gasteiger partial charge in [0.15, 0.2) is 0 Å². The molecule has 0 unspecified atom stereocenters. The van der Waals surface area contributed by atoms with Crippen LogP contribution in [0.1, 0.15) is 36.2 Å². The Hall–Kier alpha value is -2.30. The molecule has 1 saturated carbocycles. The van der Waals surface area contributed by atoms with Gasteiger partial charge in [-0.3, -0.25) is 9.48 Å². The highest BCUT2D eigenvalue weighted by molar-refractivity contribution is 5.94. The summed E-state index contributed by atoms with van der Waals surface area (Å²) in [5.74, 6) is 1.14. The Balaban J connectivity index is 1.78. The lowest BCUT2D eigenvalue weighted by Gasteiger charge is -2.24. The number of carbonyl (C=O) groups is 1. The molecule has 1 N–H and O–H groups in total. The minimum atomic E-state index is 0.128. The molecule has 0 radical (unpaired) electrons. The normalized spacial score (nSPS) is 14.4. The minimum absolute atomic E-state index is 0.128. The van der Waals surface area contributed by atoms with Crippen LogP contribution in [0.5, 0.6) is 5.75 Å². The van der Waals surface area contributed by atoms with Crippen molar-refractivity contribution in [2.75, 3.05) is 12.4 Å². The van der Waals surface area contributed by atoms with E-state index in [0.29, 0.717) is 6.54 Å². The van der Waals surface area contributed by atoms with E-state index in [4.69, 9.17) is 4.74 Å². The maximum absolute atomic E-state index is 12.2. The third kappa shape index (κ3) is 3.23. The van der Waals surface area contributed by atoms with Crippen molar-refractivity contribution in [1.29, 1.82) is 0 Å². The van der Waals surface area contributed by atoms with Crippen LogP contribution in [0, 0.1) is 19.8 Å². The van der Waals surface area contributed by atoms with Crippen LogP contribution in [0.15, 0.2) is 24.3 Å². The average Bonchev–Trinajstić information content (AvgIpc) is 2.73. The van der Waals surface area contributed by atoms with Gasteiger partial charge in [-0.05, 0) is 44.4 Å². The number of benzene rings is 1. The predicted molar refractivity (Wildman–Crippen MR) is 89.8 cm³/mol. The minimum Gasteiger partial charge on any atom is -0.497 e. The number of nitrogens with one attached hydrogen (secondary N) is 1. The first kappa shape index (κ1) is 15.6. The van der Waals surface area contributed by atoms with Gasteiger partial charge in [0.1, 0.15) is 5.75 Å². The molecule has 1 amide bonds. The van der Waals surface area contributed by atoms with E-state index in [9.17, 15) is 4.79 Å². The van der Waals surface area contributed by atoms with Crippen molar-refractivity contribution in [2.45, 2.75) is 39.7 Å². The molecule has 1 aromatic carbocycles. The number of methoxy groups -OCH3 is 1. The second-order valence-electron chi connectivity index (χ2n) is 6.17. The quantitative estimate of drug-likeness (QED) is 0.921. The largest absolute Gasteiger partial charge is 0.497 e. The van der Waals surface area contributed by atoms with Crippen LogP contribution in [0.3, 0.4) is 0 Å². The number of aromatic nitrogens is 2. The number of anilines is 1. The van der Waals surface area contributed by atoms with E-state index < -0.39 is 0 Å². The molecule has 1 aliphatic carbocycles. The van der Waals surface area contributed by atoms with Crippen molar-refractivity contribution >= 4 is 11.6 Å². The summed E-state index contributed by atoms with van der Waals surface area (Å²) in [5, 5.41) is 7.64. The highest BCUT2D eigenvalue weighted by Crippen LogP contribution is 2.29. The number of aryl methyl sites for hydroxylation is 1. The van der Waals surface area contributed by atoms with Crippen LogP contribution in [-0.2, 0) is 11.3 Å². The maximum Gasteiger partial charge on any atom is 0.227 e. The fourth-order valence-electron chi connectivity index (χ4n) is 2.87. The lowest BCUT2D eigenvalue weighted by Crippen LogP contribution is -2.28. The maximum atomic E-state index is 12.2. The molecular weight excluding hydrogens is 290 g/mol. The molecular formula is C18H23N3O2. The van der Waals surface area contributed by atoms with E-state index in [1.54, 1.807) is 7.11 Å². The van der Waals surface area contributed by atoms with Gasteiger partial charge in [-0.15, -0.1) is 0 Å². The lowest BCUT2D eigenvalue weighted by molar-refractivity contribution is -0.122. The average molecular weight is 313 g/mol. The lowest BCUT2D eigenvalue weighted by atomic mass is 9.85. The van der Waals surface area contributed by atoms with Gasteiger partial charge in [-0.1, -0.05) is 18.6 Å². The van der Waals surface area contributed by atoms with Gasteiger partial charge in [-0.25, -0.2) is 0 Å². The van der Waals surface area contributed by atoms with E-state index in [1.807, 2.05) is 42.8 Å². The molecule has 0 aliphatic heterocycles. The Kier molecular flexibility index (Phi) is 4.37. The van der Waals surface area contributed by atoms with E-state index in [1.165, 1.54) is 0 Å². The number of nitrogens with zero attached hydrogens (tertiary/aromatic N) is 2. The van der Waals surface area contributed by atoms with Gasteiger partial charge < -0.3 is 10.1 Å². The summed E-state index contributed by atoms with van der Waals surface area (Å²) < 4.78 is 7.19. The molecule has 0 atom stereocenters. The second kappa shape index (κ2) is 6.44. The van der Waals surface area contributed by atoms with Gasteiger partial charge in [0.2, 0.25) is 5.91 Å². The fourth-order valence-corrected chi connectivity index (χ4v) is 2.87. The molecule has 23 heavy (non-hydrogen) atoms. The van der Waals surface area contributed by atoms with Crippen LogP contribution in [-0.4, -0.2) is 22.8 Å². The summed E-state index contributed by atoms with van der Waals surface area (Å²) >= 11 is 0. The Morgan fingerprint density at radius 1 is 1.39 bits per heavy atom. The first-order chi connectivity index (χ1) is 11.1. The van der Waals surface area contributed by atoms with Crippen molar-refractivity contribution < 1.29 is 9.53 Å². The number of carbonyl (C=O) groups excluding carboxylic acids is 1. The highest BCUT2D eigenvalue weighted by atomic mass is 16.5. The van der Waals surface area contributed by atoms with E-state index in [0.717, 1.165) is 47.7 Å². The van der Waals surface area contributed by atoms with Crippen molar-refractivity contribution in [3.63, 3.8) is 0 Å². The molecule has 0 spiro atoms. The highest BCUT2D eigenvalue weighted by Gasteiger charge is 2.26. The molecule has 5 nitrogen and oxygen atoms in total. The van der Waals surface area contributed by atoms with Gasteiger partial charge in [0, 0.05) is 5.92 Å². The van der Waals surface area contributed by atoms with Gasteiger partial charge in [-0.2, -0.15) is 5.10 Å². The number of amides is 1. The van der Waals surface area contributed by atoms with E-state index in [2.05, 4.69) is 10.4 Å². The van der Waals surface area contributed by atoms with Crippen molar-refractivity contribution in [2.24, 2.45) is 5.92 Å².